The van der Waals surface area contributed by atoms with Gasteiger partial charge in [0.2, 0.25) is 11.9 Å². The number of pyridine rings is 2. The lowest BCUT2D eigenvalue weighted by atomic mass is 10.2. The molecule has 0 aliphatic carbocycles. The first kappa shape index (κ1) is 44.7. The number of fused-ring (bicyclic) bond motifs is 2. The molecule has 4 aromatic heterocycles. The number of aryl methyl sites for hydroxylation is 2. The Morgan fingerprint density at radius 3 is 1.61 bits per heavy atom. The van der Waals surface area contributed by atoms with E-state index in [1.807, 2.05) is 26.0 Å². The fourth-order valence-electron chi connectivity index (χ4n) is 6.68. The van der Waals surface area contributed by atoms with Gasteiger partial charge in [-0.25, -0.2) is 19.9 Å². The van der Waals surface area contributed by atoms with Crippen LogP contribution in [0.5, 0.6) is 11.5 Å². The van der Waals surface area contributed by atoms with Gasteiger partial charge in [-0.2, -0.15) is 9.97 Å². The van der Waals surface area contributed by atoms with Crippen LogP contribution in [0.2, 0.25) is 20.1 Å². The van der Waals surface area contributed by atoms with Crippen LogP contribution < -0.4 is 35.2 Å². The van der Waals surface area contributed by atoms with Gasteiger partial charge in [0.05, 0.1) is 45.2 Å². The van der Waals surface area contributed by atoms with Crippen molar-refractivity contribution in [2.75, 3.05) is 93.1 Å². The average Bonchev–Trinajstić information content (AvgIpc) is 3.48. The lowest BCUT2D eigenvalue weighted by Gasteiger charge is -2.27. The van der Waals surface area contributed by atoms with Crippen molar-refractivity contribution in [1.29, 1.82) is 0 Å². The molecule has 2 aliphatic heterocycles. The van der Waals surface area contributed by atoms with Crippen LogP contribution in [0.3, 0.4) is 0 Å². The van der Waals surface area contributed by atoms with E-state index in [0.717, 1.165) is 80.9 Å². The summed E-state index contributed by atoms with van der Waals surface area (Å²) < 4.78 is 10.9. The molecule has 6 heterocycles. The third-order valence-corrected chi connectivity index (χ3v) is 11.0. The topological polar surface area (TPSA) is 176 Å². The third-order valence-electron chi connectivity index (χ3n) is 9.94. The molecule has 2 fully saturated rings. The third kappa shape index (κ3) is 11.8. The summed E-state index contributed by atoms with van der Waals surface area (Å²) in [6, 6.07) is 13.3. The molecule has 0 unspecified atom stereocenters. The highest BCUT2D eigenvalue weighted by molar-refractivity contribution is 6.36. The van der Waals surface area contributed by atoms with Gasteiger partial charge in [-0.3, -0.25) is 9.59 Å². The molecule has 2 amide bonds. The maximum absolute atomic E-state index is 12.3. The average molecular weight is 923 g/mol. The van der Waals surface area contributed by atoms with Crippen molar-refractivity contribution >= 4 is 104 Å². The number of nitrogens with zero attached hydrogens (tertiary/aromatic N) is 9. The Bertz CT molecular complexity index is 2580. The summed E-state index contributed by atoms with van der Waals surface area (Å²) in [7, 11) is 2.13. The molecule has 20 heteroatoms. The number of piperazine rings is 1. The van der Waals surface area contributed by atoms with Crippen molar-refractivity contribution < 1.29 is 19.1 Å². The van der Waals surface area contributed by atoms with Gasteiger partial charge in [0.1, 0.15) is 11.5 Å². The molecule has 6 aromatic rings. The maximum Gasteiger partial charge on any atom is 0.262 e. The lowest BCUT2D eigenvalue weighted by molar-refractivity contribution is -0.118. The Hall–Kier alpha value is -5.36. The second-order valence-corrected chi connectivity index (χ2v) is 16.3. The van der Waals surface area contributed by atoms with Gasteiger partial charge in [0, 0.05) is 66.6 Å². The standard InChI is InChI=1S/C22H24Cl2N6O2.C20H20Cl2N6O2/c1-14-17-11-16(27-20(31)13-32-19-5-4-15(23)10-18(19)24)12-25-21(17)28-22(26-14)30-7-3-6-29(2)8-9-30;1-12-15-9-14(26-18(29)11-30-17-3-2-13(21)8-16(17)22)10-24-19(15)27-20(25-12)28-6-4-23-5-7-28/h4-5,10-12H,3,6-9,13H2,1-2H3,(H,27,31);2-3,8-10,23H,4-7,11H2,1H3,(H,26,29). The summed E-state index contributed by atoms with van der Waals surface area (Å²) in [4.78, 5) is 58.7. The second kappa shape index (κ2) is 20.7. The quantitative estimate of drug-likeness (QED) is 0.130. The normalized spacial score (nSPS) is 14.5. The van der Waals surface area contributed by atoms with Crippen molar-refractivity contribution in [2.24, 2.45) is 0 Å². The van der Waals surface area contributed by atoms with Crippen LogP contribution in [-0.4, -0.2) is 119 Å². The fraction of sp³-hybridized carbons (Fsp3) is 0.333. The number of likely N-dealkylation sites (N-methyl/N-ethyl adjacent to an activating group) is 1. The van der Waals surface area contributed by atoms with Crippen LogP contribution in [0, 0.1) is 13.8 Å². The molecule has 3 N–H and O–H groups in total. The number of carbonyl (C=O) groups excluding carboxylic acids is 2. The number of nitrogens with one attached hydrogen (secondary N) is 3. The molecule has 0 radical (unpaired) electrons. The van der Waals surface area contributed by atoms with Gasteiger partial charge >= 0.3 is 0 Å². The van der Waals surface area contributed by atoms with Crippen molar-refractivity contribution in [2.45, 2.75) is 20.3 Å². The molecule has 16 nitrogen and oxygen atoms in total. The summed E-state index contributed by atoms with van der Waals surface area (Å²) in [6.45, 7) is 10.8. The number of anilines is 4. The Morgan fingerprint density at radius 2 is 1.13 bits per heavy atom. The van der Waals surface area contributed by atoms with Crippen LogP contribution in [-0.2, 0) is 9.59 Å². The summed E-state index contributed by atoms with van der Waals surface area (Å²) in [6.07, 6.45) is 4.23. The Balaban J connectivity index is 0.000000187. The van der Waals surface area contributed by atoms with Crippen molar-refractivity contribution in [3.8, 4) is 11.5 Å². The van der Waals surface area contributed by atoms with E-state index in [0.29, 0.717) is 66.2 Å². The maximum atomic E-state index is 12.3. The number of hydrogen-bond donors (Lipinski definition) is 3. The van der Waals surface area contributed by atoms with E-state index >= 15 is 0 Å². The highest BCUT2D eigenvalue weighted by atomic mass is 35.5. The molecule has 0 spiro atoms. The van der Waals surface area contributed by atoms with Crippen LogP contribution in [0.15, 0.2) is 60.9 Å². The number of benzene rings is 2. The van der Waals surface area contributed by atoms with E-state index in [2.05, 4.69) is 62.6 Å². The molecule has 8 rings (SSSR count). The molecular weight excluding hydrogens is 878 g/mol. The van der Waals surface area contributed by atoms with Crippen molar-refractivity contribution in [1.82, 2.24) is 40.1 Å². The number of aromatic nitrogens is 6. The molecular formula is C42H44Cl4N12O4. The number of halogens is 4. The smallest absolute Gasteiger partial charge is 0.262 e. The summed E-state index contributed by atoms with van der Waals surface area (Å²) >= 11 is 23.9. The van der Waals surface area contributed by atoms with Crippen LogP contribution >= 0.6 is 46.4 Å². The minimum atomic E-state index is -0.335. The van der Waals surface area contributed by atoms with Crippen LogP contribution in [0.4, 0.5) is 23.3 Å². The van der Waals surface area contributed by atoms with E-state index < -0.39 is 0 Å². The number of amides is 2. The number of ether oxygens (including phenoxy) is 2. The van der Waals surface area contributed by atoms with E-state index in [1.165, 1.54) is 0 Å². The molecule has 2 aromatic carbocycles. The number of rotatable bonds is 10. The molecule has 0 atom stereocenters. The number of carbonyl (C=O) groups is 2. The molecule has 0 saturated carbocycles. The van der Waals surface area contributed by atoms with Gasteiger partial charge in [0.15, 0.2) is 24.5 Å². The Labute approximate surface area is 378 Å². The van der Waals surface area contributed by atoms with E-state index in [-0.39, 0.29) is 25.0 Å². The molecule has 0 bridgehead atoms. The largest absolute Gasteiger partial charge is 0.482 e. The predicted molar refractivity (Wildman–Crippen MR) is 245 cm³/mol. The van der Waals surface area contributed by atoms with Crippen molar-refractivity contribution in [3.05, 3.63) is 92.4 Å². The van der Waals surface area contributed by atoms with Crippen LogP contribution in [0.1, 0.15) is 17.8 Å². The van der Waals surface area contributed by atoms with Crippen LogP contribution in [0.25, 0.3) is 22.1 Å². The monoisotopic (exact) mass is 920 g/mol. The lowest BCUT2D eigenvalue weighted by Crippen LogP contribution is -2.44. The fourth-order valence-corrected chi connectivity index (χ4v) is 7.61. The minimum Gasteiger partial charge on any atom is -0.482 e. The van der Waals surface area contributed by atoms with Gasteiger partial charge in [-0.05, 0) is 82.4 Å². The van der Waals surface area contributed by atoms with Crippen molar-refractivity contribution in [3.63, 3.8) is 0 Å². The SMILES string of the molecule is Cc1nc(N2CCCN(C)CC2)nc2ncc(NC(=O)COc3ccc(Cl)cc3Cl)cc12.Cc1nc(N2CCNCC2)nc2ncc(NC(=O)COc3ccc(Cl)cc3Cl)cc12. The van der Waals surface area contributed by atoms with Gasteiger partial charge in [-0.1, -0.05) is 46.4 Å². The molecule has 324 valence electrons. The van der Waals surface area contributed by atoms with Gasteiger partial charge in [-0.15, -0.1) is 0 Å². The summed E-state index contributed by atoms with van der Waals surface area (Å²) in [5.41, 5.74) is 3.91. The zero-order chi connectivity index (χ0) is 43.8. The van der Waals surface area contributed by atoms with Gasteiger partial charge in [0.25, 0.3) is 11.8 Å². The molecule has 62 heavy (non-hydrogen) atoms. The molecule has 2 aliphatic rings. The van der Waals surface area contributed by atoms with E-state index in [4.69, 9.17) is 60.9 Å². The highest BCUT2D eigenvalue weighted by Crippen LogP contribution is 2.29. The van der Waals surface area contributed by atoms with Gasteiger partial charge < -0.3 is 40.1 Å². The summed E-state index contributed by atoms with van der Waals surface area (Å²) in [5.74, 6) is 1.48. The zero-order valence-electron chi connectivity index (χ0n) is 34.2. The minimum absolute atomic E-state index is 0.197. The Morgan fingerprint density at radius 1 is 0.645 bits per heavy atom. The summed E-state index contributed by atoms with van der Waals surface area (Å²) in [5, 5.41) is 12.1. The second-order valence-electron chi connectivity index (χ2n) is 14.6. The highest BCUT2D eigenvalue weighted by Gasteiger charge is 2.19. The van der Waals surface area contributed by atoms with E-state index in [1.54, 1.807) is 48.8 Å². The first-order valence-corrected chi connectivity index (χ1v) is 21.3. The van der Waals surface area contributed by atoms with E-state index in [9.17, 15) is 9.59 Å². The number of hydrogen-bond acceptors (Lipinski definition) is 14. The molecule has 2 saturated heterocycles. The zero-order valence-corrected chi connectivity index (χ0v) is 37.2. The first-order valence-electron chi connectivity index (χ1n) is 19.8. The predicted octanol–water partition coefficient (Wildman–Crippen LogP) is 6.87. The Kier molecular flexibility index (Phi) is 14.9. The first-order chi connectivity index (χ1) is 29.9.